The largest absolute Gasteiger partial charge is 0.475 e. The zero-order chi connectivity index (χ0) is 19.2. The van der Waals surface area contributed by atoms with Gasteiger partial charge in [-0.3, -0.25) is 0 Å². The van der Waals surface area contributed by atoms with E-state index in [1.165, 1.54) is 0 Å². The van der Waals surface area contributed by atoms with Gasteiger partial charge in [-0.25, -0.2) is 4.79 Å². The molecule has 1 amide bonds. The van der Waals surface area contributed by atoms with Crippen molar-refractivity contribution in [2.24, 2.45) is 0 Å². The van der Waals surface area contributed by atoms with E-state index in [1.54, 1.807) is 6.26 Å². The van der Waals surface area contributed by atoms with Crippen molar-refractivity contribution in [2.45, 2.75) is 38.2 Å². The molecule has 3 N–H and O–H groups in total. The number of furan rings is 1. The van der Waals surface area contributed by atoms with E-state index >= 15 is 0 Å². The molecule has 3 rings (SSSR count). The van der Waals surface area contributed by atoms with E-state index in [4.69, 9.17) is 9.15 Å². The third-order valence-corrected chi connectivity index (χ3v) is 4.71. The monoisotopic (exact) mass is 372 g/mol. The van der Waals surface area contributed by atoms with Gasteiger partial charge in [-0.15, -0.1) is 0 Å². The zero-order valence-corrected chi connectivity index (χ0v) is 15.4. The van der Waals surface area contributed by atoms with Crippen molar-refractivity contribution < 1.29 is 24.0 Å². The highest BCUT2D eigenvalue weighted by atomic mass is 16.6. The number of piperidine rings is 1. The van der Waals surface area contributed by atoms with Crippen molar-refractivity contribution in [3.63, 3.8) is 0 Å². The summed E-state index contributed by atoms with van der Waals surface area (Å²) >= 11 is 0. The van der Waals surface area contributed by atoms with E-state index in [0.29, 0.717) is 12.1 Å². The van der Waals surface area contributed by atoms with Gasteiger partial charge in [0.2, 0.25) is 0 Å². The first-order chi connectivity index (χ1) is 13.1. The second-order valence-corrected chi connectivity index (χ2v) is 6.77. The second-order valence-electron chi connectivity index (χ2n) is 6.77. The van der Waals surface area contributed by atoms with Crippen LogP contribution in [-0.2, 0) is 11.2 Å². The Balaban J connectivity index is 1.60. The van der Waals surface area contributed by atoms with Gasteiger partial charge >= 0.3 is 13.2 Å². The van der Waals surface area contributed by atoms with Crippen LogP contribution in [0.3, 0.4) is 0 Å². The predicted octanol–water partition coefficient (Wildman–Crippen LogP) is 2.08. The molecule has 0 bridgehead atoms. The summed E-state index contributed by atoms with van der Waals surface area (Å²) < 4.78 is 11.0. The van der Waals surface area contributed by atoms with Crippen LogP contribution in [0.2, 0.25) is 0 Å². The van der Waals surface area contributed by atoms with Crippen molar-refractivity contribution in [1.82, 2.24) is 10.2 Å². The molecule has 27 heavy (non-hydrogen) atoms. The Morgan fingerprint density at radius 3 is 3.07 bits per heavy atom. The lowest BCUT2D eigenvalue weighted by atomic mass is 9.76. The molecule has 8 heteroatoms. The van der Waals surface area contributed by atoms with Gasteiger partial charge in [0, 0.05) is 11.9 Å². The Morgan fingerprint density at radius 1 is 1.48 bits per heavy atom. The molecule has 1 saturated heterocycles. The summed E-state index contributed by atoms with van der Waals surface area (Å²) in [6.45, 7) is 3.53. The average Bonchev–Trinajstić information content (AvgIpc) is 3.05. The molecule has 0 spiro atoms. The molecule has 0 aliphatic carbocycles. The van der Waals surface area contributed by atoms with Crippen LogP contribution in [0.15, 0.2) is 47.2 Å². The second kappa shape index (κ2) is 8.97. The Kier molecular flexibility index (Phi) is 6.42. The predicted molar refractivity (Wildman–Crippen MR) is 103 cm³/mol. The fraction of sp³-hybridized carbons (Fsp3) is 0.421. The lowest BCUT2D eigenvalue weighted by Gasteiger charge is -2.31. The lowest BCUT2D eigenvalue weighted by Crippen LogP contribution is -2.49. The van der Waals surface area contributed by atoms with Gasteiger partial charge in [-0.1, -0.05) is 24.3 Å². The number of hydrogen-bond acceptors (Lipinski definition) is 6. The van der Waals surface area contributed by atoms with Crippen molar-refractivity contribution in [3.8, 4) is 0 Å². The molecule has 2 atom stereocenters. The Hall–Kier alpha value is -2.45. The minimum absolute atomic E-state index is 0.221. The van der Waals surface area contributed by atoms with Crippen molar-refractivity contribution >= 4 is 24.2 Å². The Morgan fingerprint density at radius 2 is 2.30 bits per heavy atom. The molecule has 144 valence electrons. The summed E-state index contributed by atoms with van der Waals surface area (Å²) in [6, 6.07) is 7.48. The van der Waals surface area contributed by atoms with E-state index < -0.39 is 19.2 Å². The maximum Gasteiger partial charge on any atom is 0.475 e. The number of ether oxygens (including phenoxy) is 1. The van der Waals surface area contributed by atoms with Gasteiger partial charge < -0.3 is 29.4 Å². The molecule has 0 radical (unpaired) electrons. The summed E-state index contributed by atoms with van der Waals surface area (Å²) in [7, 11) is -1.71. The van der Waals surface area contributed by atoms with Crippen molar-refractivity contribution in [1.29, 1.82) is 0 Å². The number of rotatable bonds is 6. The Bertz CT molecular complexity index is 791. The molecule has 1 fully saturated rings. The van der Waals surface area contributed by atoms with E-state index in [2.05, 4.69) is 10.2 Å². The quantitative estimate of drug-likeness (QED) is 0.672. The number of nitrogens with zero attached hydrogens (tertiary/aromatic N) is 1. The fourth-order valence-corrected chi connectivity index (χ4v) is 3.40. The molecule has 2 heterocycles. The molecule has 1 aromatic carbocycles. The minimum atomic E-state index is -1.71. The number of allylic oxidation sites excluding steroid dienone is 1. The highest BCUT2D eigenvalue weighted by Crippen LogP contribution is 2.22. The molecule has 0 unspecified atom stereocenters. The summed E-state index contributed by atoms with van der Waals surface area (Å²) in [4.78, 5) is 14.4. The first kappa shape index (κ1) is 19.3. The standard InChI is InChI=1S/C19H25BN2O5/c1-2-9-22-10-5-6-15(12-22)27-19(23)21-18(20(24)25)11-14-13-26-17-8-4-3-7-16(14)17/h2-4,7-9,13,15,18,24-25H,5-6,10-12H2,1H3,(H,21,23)/t15-,18-/m0/s1. The number of hydrogen-bond donors (Lipinski definition) is 3. The highest BCUT2D eigenvalue weighted by Gasteiger charge is 2.29. The smallest absolute Gasteiger partial charge is 0.464 e. The van der Waals surface area contributed by atoms with Gasteiger partial charge in [0.15, 0.2) is 0 Å². The SMILES string of the molecule is CC=CN1CCC[C@H](OC(=O)N[C@@H](Cc2coc3ccccc23)B(O)O)C1. The van der Waals surface area contributed by atoms with Crippen LogP contribution in [0.5, 0.6) is 0 Å². The fourth-order valence-electron chi connectivity index (χ4n) is 3.40. The maximum atomic E-state index is 12.3. The van der Waals surface area contributed by atoms with Crippen LogP contribution in [-0.4, -0.2) is 53.3 Å². The van der Waals surface area contributed by atoms with Gasteiger partial charge in [0.1, 0.15) is 11.7 Å². The van der Waals surface area contributed by atoms with Crippen LogP contribution in [0.25, 0.3) is 11.0 Å². The van der Waals surface area contributed by atoms with Crippen LogP contribution in [0.4, 0.5) is 4.79 Å². The molecular weight excluding hydrogens is 347 g/mol. The van der Waals surface area contributed by atoms with Crippen LogP contribution in [0, 0.1) is 0 Å². The molecular formula is C19H25BN2O5. The first-order valence-corrected chi connectivity index (χ1v) is 9.22. The highest BCUT2D eigenvalue weighted by molar-refractivity contribution is 6.43. The summed E-state index contributed by atoms with van der Waals surface area (Å²) in [5, 5.41) is 22.8. The van der Waals surface area contributed by atoms with Crippen molar-refractivity contribution in [2.75, 3.05) is 13.1 Å². The molecule has 7 nitrogen and oxygen atoms in total. The number of fused-ring (bicyclic) bond motifs is 1. The zero-order valence-electron chi connectivity index (χ0n) is 15.4. The van der Waals surface area contributed by atoms with E-state index in [9.17, 15) is 14.8 Å². The van der Waals surface area contributed by atoms with Gasteiger partial charge in [-0.05, 0) is 44.0 Å². The Labute approximate surface area is 158 Å². The number of carbonyl (C=O) groups is 1. The lowest BCUT2D eigenvalue weighted by molar-refractivity contribution is 0.0552. The molecule has 1 aliphatic rings. The molecule has 1 aromatic heterocycles. The normalized spacial score (nSPS) is 18.6. The van der Waals surface area contributed by atoms with E-state index in [1.807, 2.05) is 43.5 Å². The summed E-state index contributed by atoms with van der Waals surface area (Å²) in [5.74, 6) is -0.895. The third-order valence-electron chi connectivity index (χ3n) is 4.71. The number of alkyl carbamates (subject to hydrolysis) is 1. The van der Waals surface area contributed by atoms with Gasteiger partial charge in [0.05, 0.1) is 18.7 Å². The summed E-state index contributed by atoms with van der Waals surface area (Å²) in [6.07, 6.45) is 6.60. The molecule has 1 aliphatic heterocycles. The summed E-state index contributed by atoms with van der Waals surface area (Å²) in [5.41, 5.74) is 1.51. The van der Waals surface area contributed by atoms with Gasteiger partial charge in [0.25, 0.3) is 0 Å². The van der Waals surface area contributed by atoms with Crippen molar-refractivity contribution in [3.05, 3.63) is 48.4 Å². The number of amides is 1. The van der Waals surface area contributed by atoms with Crippen LogP contribution >= 0.6 is 0 Å². The first-order valence-electron chi connectivity index (χ1n) is 9.22. The van der Waals surface area contributed by atoms with E-state index in [0.717, 1.165) is 30.3 Å². The maximum absolute atomic E-state index is 12.3. The number of likely N-dealkylation sites (tertiary alicyclic amines) is 1. The minimum Gasteiger partial charge on any atom is -0.464 e. The van der Waals surface area contributed by atoms with Gasteiger partial charge in [-0.2, -0.15) is 0 Å². The number of carbonyl (C=O) groups excluding carboxylic acids is 1. The number of benzene rings is 1. The van der Waals surface area contributed by atoms with E-state index in [-0.39, 0.29) is 12.5 Å². The number of para-hydroxylation sites is 1. The average molecular weight is 372 g/mol. The van der Waals surface area contributed by atoms with Crippen LogP contribution < -0.4 is 5.32 Å². The topological polar surface area (TPSA) is 95.2 Å². The van der Waals surface area contributed by atoms with Crippen LogP contribution in [0.1, 0.15) is 25.3 Å². The molecule has 0 saturated carbocycles. The molecule has 2 aromatic rings. The third kappa shape index (κ3) is 5.05. The number of nitrogens with one attached hydrogen (secondary N) is 1.